The second-order valence-corrected chi connectivity index (χ2v) is 10.8. The maximum Gasteiger partial charge on any atom is 0.138 e. The summed E-state index contributed by atoms with van der Waals surface area (Å²) in [5, 5.41) is 1.13. The molecule has 0 atom stereocenters. The van der Waals surface area contributed by atoms with E-state index in [0.29, 0.717) is 12.1 Å². The number of nitrogen functional groups attached to an aromatic ring is 1. The molecule has 1 aliphatic carbocycles. The predicted molar refractivity (Wildman–Crippen MR) is 173 cm³/mol. The van der Waals surface area contributed by atoms with Crippen LogP contribution < -0.4 is 5.73 Å². The number of hydrogen-bond donors (Lipinski definition) is 2. The molecule has 0 radical (unpaired) electrons. The van der Waals surface area contributed by atoms with Gasteiger partial charge in [0.25, 0.3) is 0 Å². The molecule has 3 aromatic heterocycles. The van der Waals surface area contributed by atoms with Crippen molar-refractivity contribution in [2.75, 3.05) is 25.4 Å². The SMILES string of the molecule is C#C.C=C/C(=C\C(=C/C)c1ccc(N)c(Cc2cc3c(-c4ccc5c(c4)CCC5)ccnc3[nH]2)n1)CN1CCCC1. The van der Waals surface area contributed by atoms with E-state index in [2.05, 4.69) is 83.7 Å². The van der Waals surface area contributed by atoms with Crippen LogP contribution in [0.3, 0.4) is 0 Å². The van der Waals surface area contributed by atoms with Gasteiger partial charge in [0.15, 0.2) is 0 Å². The maximum atomic E-state index is 6.43. The molecule has 41 heavy (non-hydrogen) atoms. The van der Waals surface area contributed by atoms with E-state index < -0.39 is 0 Å². The fourth-order valence-corrected chi connectivity index (χ4v) is 6.04. The van der Waals surface area contributed by atoms with E-state index in [4.69, 9.17) is 10.7 Å². The van der Waals surface area contributed by atoms with Crippen LogP contribution in [0.25, 0.3) is 27.7 Å². The largest absolute Gasteiger partial charge is 0.397 e. The van der Waals surface area contributed by atoms with Crippen LogP contribution in [0.2, 0.25) is 0 Å². The average Bonchev–Trinajstić information content (AvgIpc) is 3.78. The van der Waals surface area contributed by atoms with Crippen molar-refractivity contribution in [3.63, 3.8) is 0 Å². The minimum Gasteiger partial charge on any atom is -0.397 e. The van der Waals surface area contributed by atoms with Gasteiger partial charge in [-0.05, 0) is 116 Å². The summed E-state index contributed by atoms with van der Waals surface area (Å²) in [7, 11) is 0. The molecule has 0 amide bonds. The van der Waals surface area contributed by atoms with Crippen LogP contribution in [0.5, 0.6) is 0 Å². The van der Waals surface area contributed by atoms with Crippen molar-refractivity contribution in [1.82, 2.24) is 19.9 Å². The third-order valence-corrected chi connectivity index (χ3v) is 8.18. The fraction of sp³-hybridized carbons (Fsp3) is 0.278. The van der Waals surface area contributed by atoms with Crippen LogP contribution in [0, 0.1) is 12.8 Å². The zero-order valence-electron chi connectivity index (χ0n) is 24.0. The summed E-state index contributed by atoms with van der Waals surface area (Å²) in [6.45, 7) is 9.37. The van der Waals surface area contributed by atoms with Crippen molar-refractivity contribution in [2.45, 2.75) is 45.4 Å². The van der Waals surface area contributed by atoms with E-state index in [0.717, 1.165) is 53.3 Å². The number of rotatable bonds is 8. The number of pyridine rings is 2. The van der Waals surface area contributed by atoms with Crippen molar-refractivity contribution in [2.24, 2.45) is 0 Å². The molecule has 5 nitrogen and oxygen atoms in total. The van der Waals surface area contributed by atoms with Crippen LogP contribution in [-0.4, -0.2) is 39.5 Å². The van der Waals surface area contributed by atoms with Crippen LogP contribution in [-0.2, 0) is 19.3 Å². The standard InChI is InChI=1S/C34H37N5.C2H2/c1-3-23(22-39-16-5-6-17-39)18-24(4-2)32-13-12-31(35)33(38-32)21-28-20-30-29(14-15-36-34(30)37-28)27-11-10-25-8-7-9-26(25)19-27;1-2/h3-4,10-15,18-20H,1,5-9,16-17,21-22,35H2,2H3,(H,36,37);1-2H/b23-18+,24-4+;. The molecule has 4 aromatic rings. The van der Waals surface area contributed by atoms with E-state index in [-0.39, 0.29) is 0 Å². The molecular weight excluding hydrogens is 502 g/mol. The number of allylic oxidation sites excluding steroid dienone is 3. The lowest BCUT2D eigenvalue weighted by Gasteiger charge is -2.16. The van der Waals surface area contributed by atoms with Gasteiger partial charge in [0, 0.05) is 30.2 Å². The summed E-state index contributed by atoms with van der Waals surface area (Å²) in [6.07, 6.45) is 23.0. The first-order chi connectivity index (χ1) is 20.1. The molecule has 1 aliphatic heterocycles. The van der Waals surface area contributed by atoms with Gasteiger partial charge in [-0.3, -0.25) is 9.88 Å². The predicted octanol–water partition coefficient (Wildman–Crippen LogP) is 7.15. The molecule has 0 spiro atoms. The Kier molecular flexibility index (Phi) is 8.82. The van der Waals surface area contributed by atoms with Gasteiger partial charge >= 0.3 is 0 Å². The highest BCUT2D eigenvalue weighted by Gasteiger charge is 2.16. The Balaban J connectivity index is 0.00000165. The number of fused-ring (bicyclic) bond motifs is 2. The first-order valence-corrected chi connectivity index (χ1v) is 14.5. The highest BCUT2D eigenvalue weighted by atomic mass is 15.1. The Bertz CT molecular complexity index is 1630. The monoisotopic (exact) mass is 541 g/mol. The smallest absolute Gasteiger partial charge is 0.138 e. The summed E-state index contributed by atoms with van der Waals surface area (Å²) < 4.78 is 0. The van der Waals surface area contributed by atoms with Crippen LogP contribution in [0.1, 0.15) is 54.4 Å². The number of benzene rings is 1. The zero-order valence-corrected chi connectivity index (χ0v) is 24.0. The number of terminal acetylenes is 1. The maximum absolute atomic E-state index is 6.43. The van der Waals surface area contributed by atoms with Gasteiger partial charge in [-0.2, -0.15) is 0 Å². The number of aromatic nitrogens is 3. The van der Waals surface area contributed by atoms with Crippen molar-refractivity contribution in [3.8, 4) is 24.0 Å². The van der Waals surface area contributed by atoms with E-state index in [1.54, 1.807) is 0 Å². The van der Waals surface area contributed by atoms with Gasteiger partial charge in [0.2, 0.25) is 0 Å². The van der Waals surface area contributed by atoms with Gasteiger partial charge in [-0.25, -0.2) is 4.98 Å². The third-order valence-electron chi connectivity index (χ3n) is 8.18. The average molecular weight is 542 g/mol. The zero-order chi connectivity index (χ0) is 28.8. The molecule has 1 saturated heterocycles. The molecular formula is C36H39N5. The molecule has 5 heteroatoms. The molecule has 0 saturated carbocycles. The topological polar surface area (TPSA) is 70.8 Å². The lowest BCUT2D eigenvalue weighted by atomic mass is 9.99. The number of likely N-dealkylation sites (tertiary alicyclic amines) is 1. The quantitative estimate of drug-likeness (QED) is 0.184. The van der Waals surface area contributed by atoms with E-state index in [1.807, 2.05) is 24.4 Å². The summed E-state index contributed by atoms with van der Waals surface area (Å²) in [5.41, 5.74) is 18.6. The second kappa shape index (κ2) is 12.8. The normalized spacial score (nSPS) is 15.5. The minimum absolute atomic E-state index is 0.614. The van der Waals surface area contributed by atoms with Gasteiger partial charge < -0.3 is 10.7 Å². The first kappa shape index (κ1) is 28.1. The Morgan fingerprint density at radius 2 is 1.85 bits per heavy atom. The minimum atomic E-state index is 0.614. The summed E-state index contributed by atoms with van der Waals surface area (Å²) in [6, 6.07) is 15.2. The number of aryl methyl sites for hydroxylation is 2. The fourth-order valence-electron chi connectivity index (χ4n) is 6.04. The van der Waals surface area contributed by atoms with Crippen molar-refractivity contribution < 1.29 is 0 Å². The van der Waals surface area contributed by atoms with Crippen molar-refractivity contribution >= 4 is 22.3 Å². The first-order valence-electron chi connectivity index (χ1n) is 14.5. The lowest BCUT2D eigenvalue weighted by Crippen LogP contribution is -2.21. The second-order valence-electron chi connectivity index (χ2n) is 10.8. The van der Waals surface area contributed by atoms with Crippen molar-refractivity contribution in [3.05, 3.63) is 107 Å². The van der Waals surface area contributed by atoms with Crippen LogP contribution >= 0.6 is 0 Å². The molecule has 4 heterocycles. The number of aromatic amines is 1. The molecule has 208 valence electrons. The number of nitrogens with zero attached hydrogens (tertiary/aromatic N) is 3. The molecule has 0 bridgehead atoms. The van der Waals surface area contributed by atoms with Gasteiger partial charge in [0.05, 0.1) is 17.1 Å². The molecule has 6 rings (SSSR count). The number of anilines is 1. The lowest BCUT2D eigenvalue weighted by molar-refractivity contribution is 0.371. The summed E-state index contributed by atoms with van der Waals surface area (Å²) >= 11 is 0. The summed E-state index contributed by atoms with van der Waals surface area (Å²) in [4.78, 5) is 15.7. The molecule has 0 unspecified atom stereocenters. The van der Waals surface area contributed by atoms with E-state index >= 15 is 0 Å². The number of H-pyrrole nitrogens is 1. The van der Waals surface area contributed by atoms with Crippen molar-refractivity contribution in [1.29, 1.82) is 0 Å². The van der Waals surface area contributed by atoms with Crippen LogP contribution in [0.4, 0.5) is 5.69 Å². The molecule has 1 fully saturated rings. The number of nitrogens with one attached hydrogen (secondary N) is 1. The van der Waals surface area contributed by atoms with Gasteiger partial charge in [0.1, 0.15) is 5.65 Å². The van der Waals surface area contributed by atoms with E-state index in [1.165, 1.54) is 59.9 Å². The van der Waals surface area contributed by atoms with Crippen LogP contribution in [0.15, 0.2) is 79.0 Å². The van der Waals surface area contributed by atoms with Gasteiger partial charge in [-0.15, -0.1) is 12.8 Å². The number of nitrogens with two attached hydrogens (primary N) is 1. The highest BCUT2D eigenvalue weighted by molar-refractivity contribution is 5.93. The number of hydrogen-bond acceptors (Lipinski definition) is 4. The molecule has 1 aromatic carbocycles. The highest BCUT2D eigenvalue weighted by Crippen LogP contribution is 2.33. The summed E-state index contributed by atoms with van der Waals surface area (Å²) in [5.74, 6) is 0. The Hall–Kier alpha value is -4.40. The van der Waals surface area contributed by atoms with E-state index in [9.17, 15) is 0 Å². The third kappa shape index (κ3) is 6.19. The Labute approximate surface area is 243 Å². The van der Waals surface area contributed by atoms with Gasteiger partial charge in [-0.1, -0.05) is 36.9 Å². The Morgan fingerprint density at radius 1 is 1.05 bits per heavy atom. The Morgan fingerprint density at radius 3 is 2.63 bits per heavy atom. The molecule has 3 N–H and O–H groups in total. The molecule has 2 aliphatic rings.